The highest BCUT2D eigenvalue weighted by atomic mass is 35.5. The molecule has 2 unspecified atom stereocenters. The van der Waals surface area contributed by atoms with Crippen molar-refractivity contribution in [3.63, 3.8) is 0 Å². The Hall–Kier alpha value is -3.73. The lowest BCUT2D eigenvalue weighted by molar-refractivity contribution is -0.123. The van der Waals surface area contributed by atoms with E-state index in [9.17, 15) is 14.0 Å². The predicted octanol–water partition coefficient (Wildman–Crippen LogP) is 5.10. The Morgan fingerprint density at radius 3 is 2.42 bits per heavy atom. The van der Waals surface area contributed by atoms with Crippen LogP contribution in [-0.2, 0) is 16.1 Å². The molecular weight excluding hydrogens is 537 g/mol. The Labute approximate surface area is 236 Å². The van der Waals surface area contributed by atoms with E-state index in [4.69, 9.17) is 26.3 Å². The lowest BCUT2D eigenvalue weighted by atomic mass is 9.98. The smallest absolute Gasteiger partial charge is 0.436 e. The van der Waals surface area contributed by atoms with Crippen LogP contribution in [0.1, 0.15) is 46.6 Å². The van der Waals surface area contributed by atoms with Gasteiger partial charge in [-0.15, -0.1) is 5.06 Å². The fourth-order valence-corrected chi connectivity index (χ4v) is 6.11. The van der Waals surface area contributed by atoms with E-state index in [1.165, 1.54) is 43.6 Å². The van der Waals surface area contributed by atoms with E-state index < -0.39 is 6.16 Å². The highest BCUT2D eigenvalue weighted by Gasteiger charge is 2.38. The molecule has 2 fully saturated rings. The lowest BCUT2D eigenvalue weighted by Crippen LogP contribution is -2.42. The monoisotopic (exact) mass is 565 g/mol. The Morgan fingerprint density at radius 1 is 1.05 bits per heavy atom. The van der Waals surface area contributed by atoms with Crippen molar-refractivity contribution in [1.29, 1.82) is 0 Å². The average molecular weight is 566 g/mol. The molecule has 0 spiro atoms. The second-order valence-electron chi connectivity index (χ2n) is 10.4. The second kappa shape index (κ2) is 11.0. The summed E-state index contributed by atoms with van der Waals surface area (Å²) in [5, 5.41) is 8.77. The van der Waals surface area contributed by atoms with E-state index in [0.717, 1.165) is 18.7 Å². The van der Waals surface area contributed by atoms with Gasteiger partial charge in [-0.05, 0) is 78.3 Å². The molecule has 1 aromatic heterocycles. The number of hydrogen-bond acceptors (Lipinski definition) is 7. The van der Waals surface area contributed by atoms with Gasteiger partial charge in [0.25, 0.3) is 5.91 Å². The first-order valence-corrected chi connectivity index (χ1v) is 13.7. The summed E-state index contributed by atoms with van der Waals surface area (Å²) in [4.78, 5) is 31.2. The maximum atomic E-state index is 13.7. The topological polar surface area (TPSA) is 88.9 Å². The van der Waals surface area contributed by atoms with Crippen LogP contribution in [0.5, 0.6) is 0 Å². The van der Waals surface area contributed by atoms with Crippen LogP contribution in [0.4, 0.5) is 9.18 Å². The molecule has 2 aromatic carbocycles. The zero-order valence-corrected chi connectivity index (χ0v) is 22.7. The number of hydrogen-bond donors (Lipinski definition) is 1. The Bertz CT molecular complexity index is 1440. The summed E-state index contributed by atoms with van der Waals surface area (Å²) in [6.45, 7) is 1.95. The number of hydroxylamine groups is 2. The zero-order chi connectivity index (χ0) is 27.8. The van der Waals surface area contributed by atoms with Crippen LogP contribution in [0.15, 0.2) is 48.5 Å². The fraction of sp³-hybridized carbons (Fsp3) is 0.345. The van der Waals surface area contributed by atoms with Gasteiger partial charge < -0.3 is 9.57 Å². The van der Waals surface area contributed by atoms with E-state index in [1.807, 2.05) is 23.2 Å². The molecule has 0 bridgehead atoms. The standard InChI is InChI=1S/C29H29ClFN5O4/c1-39-29(38)40-35-16-21(13-18-5-9-23(31)10-6-18)27-25(17-35)26(32-36(27)24-11-7-22(30)8-12-24)28(37)33-34-14-19-3-2-4-20(19)15-34/h5-13,19-20H,2-4,14-17H2,1H3,(H,33,37)/b21-13+. The van der Waals surface area contributed by atoms with Crippen molar-refractivity contribution >= 4 is 35.3 Å². The van der Waals surface area contributed by atoms with E-state index in [1.54, 1.807) is 28.9 Å². The van der Waals surface area contributed by atoms with Crippen molar-refractivity contribution in [2.45, 2.75) is 25.8 Å². The van der Waals surface area contributed by atoms with E-state index in [0.29, 0.717) is 39.4 Å². The highest BCUT2D eigenvalue weighted by Crippen LogP contribution is 2.38. The molecule has 6 rings (SSSR count). The molecule has 1 saturated heterocycles. The number of fused-ring (bicyclic) bond motifs is 2. The molecule has 40 heavy (non-hydrogen) atoms. The summed E-state index contributed by atoms with van der Waals surface area (Å²) in [5.41, 5.74) is 6.75. The van der Waals surface area contributed by atoms with Crippen LogP contribution in [0.3, 0.4) is 0 Å². The molecule has 3 heterocycles. The number of methoxy groups -OCH3 is 1. The Balaban J connectivity index is 1.43. The van der Waals surface area contributed by atoms with Crippen molar-refractivity contribution < 1.29 is 23.6 Å². The minimum absolute atomic E-state index is 0.118. The number of rotatable bonds is 5. The number of aromatic nitrogens is 2. The first-order valence-electron chi connectivity index (χ1n) is 13.3. The summed E-state index contributed by atoms with van der Waals surface area (Å²) in [6, 6.07) is 13.2. The van der Waals surface area contributed by atoms with Crippen LogP contribution in [0, 0.1) is 17.7 Å². The van der Waals surface area contributed by atoms with Crippen LogP contribution < -0.4 is 5.43 Å². The molecule has 3 aromatic rings. The molecule has 3 aliphatic rings. The molecule has 1 N–H and O–H groups in total. The third-order valence-electron chi connectivity index (χ3n) is 7.82. The summed E-state index contributed by atoms with van der Waals surface area (Å²) >= 11 is 6.16. The van der Waals surface area contributed by atoms with Gasteiger partial charge in [0, 0.05) is 23.7 Å². The predicted molar refractivity (Wildman–Crippen MR) is 147 cm³/mol. The maximum absolute atomic E-state index is 13.7. The SMILES string of the molecule is COC(=O)ON1C/C(=C\c2ccc(F)cc2)c2c(c(C(=O)NN3CC4CCCC4C3)nn2-c2ccc(Cl)cc2)C1. The first kappa shape index (κ1) is 26.5. The number of ether oxygens (including phenoxy) is 1. The Kier molecular flexibility index (Phi) is 7.31. The first-order chi connectivity index (χ1) is 19.4. The number of carbonyl (C=O) groups excluding carboxylic acids is 2. The summed E-state index contributed by atoms with van der Waals surface area (Å²) in [7, 11) is 1.23. The van der Waals surface area contributed by atoms with Crippen LogP contribution >= 0.6 is 11.6 Å². The van der Waals surface area contributed by atoms with Gasteiger partial charge in [0.2, 0.25) is 0 Å². The molecule has 2 aliphatic heterocycles. The second-order valence-corrected chi connectivity index (χ2v) is 10.9. The van der Waals surface area contributed by atoms with E-state index in [2.05, 4.69) is 5.43 Å². The number of halogens is 2. The molecule has 0 radical (unpaired) electrons. The fourth-order valence-electron chi connectivity index (χ4n) is 5.98. The quantitative estimate of drug-likeness (QED) is 0.431. The molecular formula is C29H29ClFN5O4. The third-order valence-corrected chi connectivity index (χ3v) is 8.07. The van der Waals surface area contributed by atoms with Gasteiger partial charge in [0.1, 0.15) is 5.82 Å². The number of carbonyl (C=O) groups is 2. The normalized spacial score (nSPS) is 21.7. The number of nitrogens with zero attached hydrogens (tertiary/aromatic N) is 4. The highest BCUT2D eigenvalue weighted by molar-refractivity contribution is 6.30. The van der Waals surface area contributed by atoms with Crippen LogP contribution in [0.25, 0.3) is 17.3 Å². The number of amides is 1. The largest absolute Gasteiger partial charge is 0.527 e. The number of hydrazine groups is 1. The summed E-state index contributed by atoms with van der Waals surface area (Å²) in [5.74, 6) is 0.536. The van der Waals surface area contributed by atoms with Crippen molar-refractivity contribution in [2.75, 3.05) is 26.7 Å². The number of nitrogens with one attached hydrogen (secondary N) is 1. The number of benzene rings is 2. The van der Waals surface area contributed by atoms with E-state index in [-0.39, 0.29) is 30.5 Å². The van der Waals surface area contributed by atoms with E-state index >= 15 is 0 Å². The van der Waals surface area contributed by atoms with Crippen molar-refractivity contribution in [3.8, 4) is 5.69 Å². The molecule has 1 amide bonds. The van der Waals surface area contributed by atoms with Gasteiger partial charge in [0.05, 0.1) is 31.6 Å². The van der Waals surface area contributed by atoms with Gasteiger partial charge >= 0.3 is 6.16 Å². The average Bonchev–Trinajstić information content (AvgIpc) is 3.64. The van der Waals surface area contributed by atoms with Gasteiger partial charge in [-0.3, -0.25) is 10.2 Å². The zero-order valence-electron chi connectivity index (χ0n) is 22.0. The van der Waals surface area contributed by atoms with Crippen LogP contribution in [-0.4, -0.2) is 58.7 Å². The molecule has 208 valence electrons. The molecule has 9 nitrogen and oxygen atoms in total. The summed E-state index contributed by atoms with van der Waals surface area (Å²) < 4.78 is 20.1. The molecule has 2 atom stereocenters. The van der Waals surface area contributed by atoms with Crippen molar-refractivity contribution in [3.05, 3.63) is 81.9 Å². The van der Waals surface area contributed by atoms with Crippen molar-refractivity contribution in [1.82, 2.24) is 25.3 Å². The van der Waals surface area contributed by atoms with Gasteiger partial charge in [-0.2, -0.15) is 5.10 Å². The lowest BCUT2D eigenvalue weighted by Gasteiger charge is -2.28. The third kappa shape index (κ3) is 5.34. The van der Waals surface area contributed by atoms with Crippen LogP contribution in [0.2, 0.25) is 5.02 Å². The molecule has 11 heteroatoms. The Morgan fingerprint density at radius 2 is 1.75 bits per heavy atom. The molecule has 1 aliphatic carbocycles. The minimum Gasteiger partial charge on any atom is -0.436 e. The maximum Gasteiger partial charge on any atom is 0.527 e. The van der Waals surface area contributed by atoms with Gasteiger partial charge in [-0.1, -0.05) is 30.2 Å². The van der Waals surface area contributed by atoms with Gasteiger partial charge in [0.15, 0.2) is 5.69 Å². The minimum atomic E-state index is -0.871. The molecule has 1 saturated carbocycles. The van der Waals surface area contributed by atoms with Gasteiger partial charge in [-0.25, -0.2) is 18.9 Å². The van der Waals surface area contributed by atoms with Crippen molar-refractivity contribution in [2.24, 2.45) is 11.8 Å². The summed E-state index contributed by atoms with van der Waals surface area (Å²) in [6.07, 6.45) is 4.62.